The van der Waals surface area contributed by atoms with Crippen molar-refractivity contribution in [3.8, 4) is 0 Å². The van der Waals surface area contributed by atoms with Gasteiger partial charge in [-0.1, -0.05) is 6.92 Å². The summed E-state index contributed by atoms with van der Waals surface area (Å²) >= 11 is 0. The molecule has 0 spiro atoms. The lowest BCUT2D eigenvalue weighted by Gasteiger charge is -2.33. The van der Waals surface area contributed by atoms with Gasteiger partial charge in [0, 0.05) is 26.8 Å². The lowest BCUT2D eigenvalue weighted by atomic mass is 9.81. The number of hydrogen-bond acceptors (Lipinski definition) is 4. The van der Waals surface area contributed by atoms with Crippen molar-refractivity contribution < 1.29 is 13.2 Å². The second-order valence-corrected chi connectivity index (χ2v) is 7.90. The van der Waals surface area contributed by atoms with E-state index in [2.05, 4.69) is 22.3 Å². The van der Waals surface area contributed by atoms with E-state index < -0.39 is 10.0 Å². The third-order valence-corrected chi connectivity index (χ3v) is 5.62. The highest BCUT2D eigenvalue weighted by Gasteiger charge is 2.29. The van der Waals surface area contributed by atoms with Crippen molar-refractivity contribution in [2.24, 2.45) is 12.5 Å². The summed E-state index contributed by atoms with van der Waals surface area (Å²) in [5.74, 6) is -0.311. The van der Waals surface area contributed by atoms with Gasteiger partial charge in [-0.15, -0.1) is 0 Å². The topological polar surface area (TPSA) is 92.2 Å². The molecule has 0 aliphatic carbocycles. The summed E-state index contributed by atoms with van der Waals surface area (Å²) in [4.78, 5) is 11.8. The van der Waals surface area contributed by atoms with Crippen LogP contribution in [0, 0.1) is 5.41 Å². The first kappa shape index (κ1) is 17.0. The fraction of sp³-hybridized carbons (Fsp3) is 0.643. The number of nitrogens with one attached hydrogen (secondary N) is 3. The molecule has 0 aromatic carbocycles. The molecule has 1 aromatic rings. The minimum Gasteiger partial charge on any atom is -0.354 e. The molecule has 0 unspecified atom stereocenters. The minimum atomic E-state index is -3.61. The Hall–Kier alpha value is -1.38. The van der Waals surface area contributed by atoms with E-state index in [9.17, 15) is 13.2 Å². The summed E-state index contributed by atoms with van der Waals surface area (Å²) in [7, 11) is -0.448. The Morgan fingerprint density at radius 3 is 2.64 bits per heavy atom. The molecule has 0 bridgehead atoms. The highest BCUT2D eigenvalue weighted by Crippen LogP contribution is 2.27. The summed E-state index contributed by atoms with van der Waals surface area (Å²) in [6.45, 7) is 4.31. The monoisotopic (exact) mass is 328 g/mol. The number of nitrogens with zero attached hydrogens (tertiary/aromatic N) is 1. The standard InChI is InChI=1S/C14H24N4O3S/c1-14(4-6-16-7-5-14)10-17-22(20,21)11-8-12(13(19)15-2)18(3)9-11/h8-9,16-17H,4-7,10H2,1-3H3,(H,15,19). The molecule has 124 valence electrons. The van der Waals surface area contributed by atoms with Gasteiger partial charge in [0.1, 0.15) is 10.6 Å². The zero-order chi connectivity index (χ0) is 16.4. The fourth-order valence-electron chi connectivity index (χ4n) is 2.59. The first-order valence-corrected chi connectivity index (χ1v) is 8.85. The van der Waals surface area contributed by atoms with Crippen molar-refractivity contribution in [3.63, 3.8) is 0 Å². The molecule has 1 fully saturated rings. The van der Waals surface area contributed by atoms with Crippen molar-refractivity contribution in [2.75, 3.05) is 26.7 Å². The Labute approximate surface area is 131 Å². The van der Waals surface area contributed by atoms with E-state index in [-0.39, 0.29) is 16.2 Å². The molecule has 1 amide bonds. The van der Waals surface area contributed by atoms with Gasteiger partial charge >= 0.3 is 0 Å². The van der Waals surface area contributed by atoms with Gasteiger partial charge in [-0.3, -0.25) is 4.79 Å². The van der Waals surface area contributed by atoms with Gasteiger partial charge in [-0.2, -0.15) is 0 Å². The van der Waals surface area contributed by atoms with E-state index in [0.717, 1.165) is 25.9 Å². The van der Waals surface area contributed by atoms with Gasteiger partial charge < -0.3 is 15.2 Å². The van der Waals surface area contributed by atoms with Crippen molar-refractivity contribution in [3.05, 3.63) is 18.0 Å². The SMILES string of the molecule is CNC(=O)c1cc(S(=O)(=O)NCC2(C)CCNCC2)cn1C. The quantitative estimate of drug-likeness (QED) is 0.712. The van der Waals surface area contributed by atoms with Crippen LogP contribution in [-0.2, 0) is 17.1 Å². The van der Waals surface area contributed by atoms with Crippen LogP contribution in [0.2, 0.25) is 0 Å². The third-order valence-electron chi connectivity index (χ3n) is 4.25. The molecule has 2 heterocycles. The zero-order valence-corrected chi connectivity index (χ0v) is 14.1. The van der Waals surface area contributed by atoms with Gasteiger partial charge in [0.2, 0.25) is 10.0 Å². The number of sulfonamides is 1. The van der Waals surface area contributed by atoms with Crippen LogP contribution in [0.5, 0.6) is 0 Å². The molecule has 3 N–H and O–H groups in total. The first-order chi connectivity index (χ1) is 10.3. The molecule has 0 radical (unpaired) electrons. The van der Waals surface area contributed by atoms with Gasteiger partial charge in [0.25, 0.3) is 5.91 Å². The van der Waals surface area contributed by atoms with Crippen molar-refractivity contribution in [1.82, 2.24) is 19.9 Å². The van der Waals surface area contributed by atoms with E-state index in [0.29, 0.717) is 12.2 Å². The van der Waals surface area contributed by atoms with Crippen LogP contribution < -0.4 is 15.4 Å². The molecule has 7 nitrogen and oxygen atoms in total. The summed E-state index contributed by atoms with van der Waals surface area (Å²) in [6.07, 6.45) is 3.33. The Kier molecular flexibility index (Phi) is 4.93. The molecule has 22 heavy (non-hydrogen) atoms. The average molecular weight is 328 g/mol. The second kappa shape index (κ2) is 6.39. The summed E-state index contributed by atoms with van der Waals surface area (Å²) in [6, 6.07) is 1.39. The lowest BCUT2D eigenvalue weighted by molar-refractivity contribution is 0.0955. The minimum absolute atomic E-state index is 0.0310. The molecule has 1 aliphatic rings. The van der Waals surface area contributed by atoms with Crippen LogP contribution in [0.4, 0.5) is 0 Å². The summed E-state index contributed by atoms with van der Waals surface area (Å²) in [5.41, 5.74) is 0.285. The number of carbonyl (C=O) groups excluding carboxylic acids is 1. The van der Waals surface area contributed by atoms with E-state index in [1.807, 2.05) is 0 Å². The van der Waals surface area contributed by atoms with E-state index in [1.54, 1.807) is 7.05 Å². The largest absolute Gasteiger partial charge is 0.354 e. The number of hydrogen-bond donors (Lipinski definition) is 3. The number of piperidine rings is 1. The molecule has 1 saturated heterocycles. The smallest absolute Gasteiger partial charge is 0.267 e. The number of rotatable bonds is 5. The Morgan fingerprint density at radius 1 is 1.41 bits per heavy atom. The number of amides is 1. The highest BCUT2D eigenvalue weighted by atomic mass is 32.2. The Balaban J connectivity index is 2.12. The van der Waals surface area contributed by atoms with Crippen molar-refractivity contribution >= 4 is 15.9 Å². The molecule has 0 saturated carbocycles. The average Bonchev–Trinajstić information content (AvgIpc) is 2.88. The fourth-order valence-corrected chi connectivity index (χ4v) is 3.86. The van der Waals surface area contributed by atoms with Crippen LogP contribution in [0.1, 0.15) is 30.3 Å². The predicted molar refractivity (Wildman–Crippen MR) is 84.2 cm³/mol. The molecule has 1 aromatic heterocycles. The van der Waals surface area contributed by atoms with Crippen LogP contribution in [0.3, 0.4) is 0 Å². The maximum atomic E-state index is 12.4. The summed E-state index contributed by atoms with van der Waals surface area (Å²) < 4.78 is 29.0. The molecule has 2 rings (SSSR count). The van der Waals surface area contributed by atoms with Crippen molar-refractivity contribution in [1.29, 1.82) is 0 Å². The molecular weight excluding hydrogens is 304 g/mol. The Morgan fingerprint density at radius 2 is 2.05 bits per heavy atom. The van der Waals surface area contributed by atoms with E-state index in [4.69, 9.17) is 0 Å². The van der Waals surface area contributed by atoms with Crippen LogP contribution in [0.15, 0.2) is 17.2 Å². The lowest BCUT2D eigenvalue weighted by Crippen LogP contribution is -2.42. The molecule has 8 heteroatoms. The maximum absolute atomic E-state index is 12.4. The Bertz CT molecular complexity index is 645. The second-order valence-electron chi connectivity index (χ2n) is 6.14. The zero-order valence-electron chi connectivity index (χ0n) is 13.3. The van der Waals surface area contributed by atoms with Gasteiger partial charge in [0.05, 0.1) is 0 Å². The molecular formula is C14H24N4O3S. The van der Waals surface area contributed by atoms with Crippen molar-refractivity contribution in [2.45, 2.75) is 24.7 Å². The van der Waals surface area contributed by atoms with Crippen LogP contribution in [-0.4, -0.2) is 45.6 Å². The van der Waals surface area contributed by atoms with Crippen LogP contribution >= 0.6 is 0 Å². The highest BCUT2D eigenvalue weighted by molar-refractivity contribution is 7.89. The summed E-state index contributed by atoms with van der Waals surface area (Å²) in [5, 5.41) is 5.77. The van der Waals surface area contributed by atoms with Gasteiger partial charge in [-0.05, 0) is 37.4 Å². The normalized spacial score (nSPS) is 18.1. The van der Waals surface area contributed by atoms with Gasteiger partial charge in [-0.25, -0.2) is 13.1 Å². The molecule has 1 aliphatic heterocycles. The molecule has 0 atom stereocenters. The van der Waals surface area contributed by atoms with Gasteiger partial charge in [0.15, 0.2) is 0 Å². The predicted octanol–water partition coefficient (Wildman–Crippen LogP) is 0.0527. The third kappa shape index (κ3) is 3.68. The number of carbonyl (C=O) groups is 1. The van der Waals surface area contributed by atoms with Crippen LogP contribution in [0.25, 0.3) is 0 Å². The number of aryl methyl sites for hydroxylation is 1. The number of aromatic nitrogens is 1. The van der Waals surface area contributed by atoms with E-state index in [1.165, 1.54) is 23.9 Å². The first-order valence-electron chi connectivity index (χ1n) is 7.36. The van der Waals surface area contributed by atoms with E-state index >= 15 is 0 Å². The maximum Gasteiger partial charge on any atom is 0.267 e.